The molecule has 3 heterocycles. The van der Waals surface area contributed by atoms with Crippen molar-refractivity contribution in [3.05, 3.63) is 87.8 Å². The van der Waals surface area contributed by atoms with Crippen LogP contribution in [0, 0.1) is 20.8 Å². The molecule has 5 rings (SSSR count). The number of furan rings is 2. The molecule has 0 fully saturated rings. The Morgan fingerprint density at radius 1 is 1.17 bits per heavy atom. The number of aryl methyl sites for hydroxylation is 3. The van der Waals surface area contributed by atoms with Gasteiger partial charge in [-0.25, -0.2) is 5.43 Å². The van der Waals surface area contributed by atoms with Crippen molar-refractivity contribution in [3.8, 4) is 0 Å². The zero-order valence-electron chi connectivity index (χ0n) is 20.6. The minimum absolute atomic E-state index is 0.160. The zero-order chi connectivity index (χ0) is 25.2. The number of hydrogen-bond donors (Lipinski definition) is 2. The van der Waals surface area contributed by atoms with E-state index in [1.165, 1.54) is 0 Å². The average Bonchev–Trinajstić information content (AvgIpc) is 3.43. The van der Waals surface area contributed by atoms with Crippen LogP contribution in [0.1, 0.15) is 62.5 Å². The number of benzene rings is 1. The maximum absolute atomic E-state index is 12.8. The van der Waals surface area contributed by atoms with E-state index in [9.17, 15) is 9.59 Å². The Labute approximate surface area is 208 Å². The Bertz CT molecular complexity index is 1480. The molecule has 0 aliphatic heterocycles. The van der Waals surface area contributed by atoms with Gasteiger partial charge in [0.15, 0.2) is 5.76 Å². The molecule has 2 amide bonds. The summed E-state index contributed by atoms with van der Waals surface area (Å²) in [6.07, 6.45) is 7.44. The van der Waals surface area contributed by atoms with Crippen LogP contribution in [0.3, 0.4) is 0 Å². The first-order chi connectivity index (χ1) is 17.4. The molecule has 2 N–H and O–H groups in total. The normalized spacial score (nSPS) is 14.1. The van der Waals surface area contributed by atoms with Gasteiger partial charge in [-0.05, 0) is 62.4 Å². The molecule has 8 heteroatoms. The standard InChI is InChI=1S/C28H28N4O4/c1-16-10-17(2)25-20(15-35-23(25)11-16)12-24(33)32-31-21-7-4-8-22-26(21)18(3)27(36-22)28(34)30-14-19-6-5-9-29-13-19/h5-6,9-11,13,15H,4,7-8,12,14H2,1-3H3,(H,30,34)(H,32,33)/b31-21+. The molecule has 0 bridgehead atoms. The van der Waals surface area contributed by atoms with Crippen LogP contribution in [0.4, 0.5) is 0 Å². The smallest absolute Gasteiger partial charge is 0.287 e. The highest BCUT2D eigenvalue weighted by Gasteiger charge is 2.28. The summed E-state index contributed by atoms with van der Waals surface area (Å²) in [7, 11) is 0. The molecule has 1 aromatic carbocycles. The molecular formula is C28H28N4O4. The highest BCUT2D eigenvalue weighted by atomic mass is 16.4. The molecule has 8 nitrogen and oxygen atoms in total. The van der Waals surface area contributed by atoms with E-state index >= 15 is 0 Å². The summed E-state index contributed by atoms with van der Waals surface area (Å²) in [5.74, 6) is 0.491. The molecule has 3 aromatic heterocycles. The molecule has 0 atom stereocenters. The number of fused-ring (bicyclic) bond motifs is 2. The number of rotatable bonds is 6. The molecule has 0 unspecified atom stereocenters. The van der Waals surface area contributed by atoms with Crippen LogP contribution in [-0.2, 0) is 24.2 Å². The van der Waals surface area contributed by atoms with Gasteiger partial charge in [0.05, 0.1) is 18.4 Å². The fraction of sp³-hybridized carbons (Fsp3) is 0.286. The van der Waals surface area contributed by atoms with E-state index in [-0.39, 0.29) is 24.0 Å². The lowest BCUT2D eigenvalue weighted by Crippen LogP contribution is -2.24. The summed E-state index contributed by atoms with van der Waals surface area (Å²) in [5, 5.41) is 8.29. The Balaban J connectivity index is 1.30. The number of hydrogen-bond acceptors (Lipinski definition) is 6. The van der Waals surface area contributed by atoms with E-state index in [4.69, 9.17) is 8.83 Å². The first kappa shape index (κ1) is 23.5. The van der Waals surface area contributed by atoms with E-state index in [1.54, 1.807) is 18.7 Å². The Hall–Kier alpha value is -4.20. The van der Waals surface area contributed by atoms with Crippen LogP contribution >= 0.6 is 0 Å². The van der Waals surface area contributed by atoms with Gasteiger partial charge in [-0.1, -0.05) is 12.1 Å². The minimum atomic E-state index is -0.286. The van der Waals surface area contributed by atoms with E-state index in [0.29, 0.717) is 13.0 Å². The molecule has 0 spiro atoms. The lowest BCUT2D eigenvalue weighted by Gasteiger charge is -2.13. The molecule has 1 aliphatic carbocycles. The number of nitrogens with one attached hydrogen (secondary N) is 2. The number of hydrazone groups is 1. The zero-order valence-corrected chi connectivity index (χ0v) is 20.6. The summed E-state index contributed by atoms with van der Waals surface area (Å²) < 4.78 is 11.6. The van der Waals surface area contributed by atoms with Gasteiger partial charge < -0.3 is 14.2 Å². The SMILES string of the molecule is Cc1cc(C)c2c(CC(=O)N/N=C3\CCCc4oc(C(=O)NCc5cccnc5)c(C)c43)coc2c1. The van der Waals surface area contributed by atoms with Gasteiger partial charge in [0.2, 0.25) is 5.91 Å². The molecule has 4 aromatic rings. The fourth-order valence-corrected chi connectivity index (χ4v) is 4.86. The van der Waals surface area contributed by atoms with Gasteiger partial charge in [-0.3, -0.25) is 14.6 Å². The monoisotopic (exact) mass is 484 g/mol. The summed E-state index contributed by atoms with van der Waals surface area (Å²) in [6, 6.07) is 7.77. The van der Waals surface area contributed by atoms with Crippen LogP contribution in [0.25, 0.3) is 11.0 Å². The topological polar surface area (TPSA) is 110 Å². The third-order valence-corrected chi connectivity index (χ3v) is 6.47. The second-order valence-corrected chi connectivity index (χ2v) is 9.24. The van der Waals surface area contributed by atoms with E-state index in [0.717, 1.165) is 68.7 Å². The lowest BCUT2D eigenvalue weighted by molar-refractivity contribution is -0.120. The Kier molecular flexibility index (Phi) is 6.41. The number of nitrogens with zero attached hydrogens (tertiary/aromatic N) is 2. The highest BCUT2D eigenvalue weighted by Crippen LogP contribution is 2.30. The minimum Gasteiger partial charge on any atom is -0.464 e. The molecule has 36 heavy (non-hydrogen) atoms. The second-order valence-electron chi connectivity index (χ2n) is 9.24. The number of pyridine rings is 1. The molecular weight excluding hydrogens is 456 g/mol. The van der Waals surface area contributed by atoms with Crippen molar-refractivity contribution in [2.75, 3.05) is 0 Å². The Morgan fingerprint density at radius 2 is 2.03 bits per heavy atom. The van der Waals surface area contributed by atoms with Crippen LogP contribution in [0.5, 0.6) is 0 Å². The quantitative estimate of drug-likeness (QED) is 0.386. The summed E-state index contributed by atoms with van der Waals surface area (Å²) in [4.78, 5) is 29.6. The number of carbonyl (C=O) groups is 2. The molecule has 0 saturated carbocycles. The van der Waals surface area contributed by atoms with Crippen molar-refractivity contribution < 1.29 is 18.4 Å². The van der Waals surface area contributed by atoms with Crippen LogP contribution in [0.15, 0.2) is 56.9 Å². The predicted molar refractivity (Wildman–Crippen MR) is 136 cm³/mol. The van der Waals surface area contributed by atoms with Gasteiger partial charge in [0.1, 0.15) is 11.3 Å². The largest absolute Gasteiger partial charge is 0.464 e. The fourth-order valence-electron chi connectivity index (χ4n) is 4.86. The highest BCUT2D eigenvalue weighted by molar-refractivity contribution is 6.06. The van der Waals surface area contributed by atoms with Crippen molar-refractivity contribution in [3.63, 3.8) is 0 Å². The van der Waals surface area contributed by atoms with Crippen molar-refractivity contribution in [2.45, 2.75) is 53.0 Å². The van der Waals surface area contributed by atoms with Crippen LogP contribution in [-0.4, -0.2) is 22.5 Å². The van der Waals surface area contributed by atoms with Gasteiger partial charge in [-0.15, -0.1) is 0 Å². The van der Waals surface area contributed by atoms with Gasteiger partial charge in [0.25, 0.3) is 5.91 Å². The van der Waals surface area contributed by atoms with E-state index < -0.39 is 0 Å². The summed E-state index contributed by atoms with van der Waals surface area (Å²) in [6.45, 7) is 6.24. The molecule has 0 saturated heterocycles. The molecule has 1 aliphatic rings. The lowest BCUT2D eigenvalue weighted by atomic mass is 9.93. The van der Waals surface area contributed by atoms with Crippen molar-refractivity contribution >= 4 is 28.5 Å². The van der Waals surface area contributed by atoms with Crippen LogP contribution < -0.4 is 10.7 Å². The van der Waals surface area contributed by atoms with Gasteiger partial charge in [0, 0.05) is 47.4 Å². The van der Waals surface area contributed by atoms with Crippen molar-refractivity contribution in [1.29, 1.82) is 0 Å². The third-order valence-electron chi connectivity index (χ3n) is 6.47. The van der Waals surface area contributed by atoms with Crippen LogP contribution in [0.2, 0.25) is 0 Å². The number of carbonyl (C=O) groups excluding carboxylic acids is 2. The van der Waals surface area contributed by atoms with E-state index in [1.807, 2.05) is 39.0 Å². The van der Waals surface area contributed by atoms with Crippen molar-refractivity contribution in [2.24, 2.45) is 5.10 Å². The summed E-state index contributed by atoms with van der Waals surface area (Å²) >= 11 is 0. The molecule has 0 radical (unpaired) electrons. The third kappa shape index (κ3) is 4.66. The van der Waals surface area contributed by atoms with Gasteiger partial charge >= 0.3 is 0 Å². The second kappa shape index (κ2) is 9.81. The average molecular weight is 485 g/mol. The van der Waals surface area contributed by atoms with Gasteiger partial charge in [-0.2, -0.15) is 5.10 Å². The Morgan fingerprint density at radius 3 is 2.83 bits per heavy atom. The maximum atomic E-state index is 12.8. The molecule has 184 valence electrons. The van der Waals surface area contributed by atoms with E-state index in [2.05, 4.69) is 26.9 Å². The first-order valence-corrected chi connectivity index (χ1v) is 12.0. The maximum Gasteiger partial charge on any atom is 0.287 e. The predicted octanol–water partition coefficient (Wildman–Crippen LogP) is 4.68. The summed E-state index contributed by atoms with van der Waals surface area (Å²) in [5.41, 5.74) is 9.67. The number of amides is 2. The number of aromatic nitrogens is 1. The van der Waals surface area contributed by atoms with Crippen molar-refractivity contribution in [1.82, 2.24) is 15.7 Å². The first-order valence-electron chi connectivity index (χ1n) is 12.0.